The Balaban J connectivity index is 0.00000192. The number of hydrogen-bond acceptors (Lipinski definition) is 4. The van der Waals surface area contributed by atoms with E-state index in [0.29, 0.717) is 35.0 Å². The monoisotopic (exact) mass is 359 g/mol. The molecule has 3 rings (SSSR count). The maximum absolute atomic E-state index is 12.3. The summed E-state index contributed by atoms with van der Waals surface area (Å²) in [6.45, 7) is 3.49. The van der Waals surface area contributed by atoms with Crippen molar-refractivity contribution in [2.24, 2.45) is 5.92 Å². The lowest BCUT2D eigenvalue weighted by molar-refractivity contribution is -0.117. The van der Waals surface area contributed by atoms with Gasteiger partial charge >= 0.3 is 0 Å². The summed E-state index contributed by atoms with van der Waals surface area (Å²) in [5.74, 6) is 1.28. The second-order valence-electron chi connectivity index (χ2n) is 6.03. The van der Waals surface area contributed by atoms with Crippen LogP contribution < -0.4 is 15.4 Å². The van der Waals surface area contributed by atoms with E-state index in [0.717, 1.165) is 26.1 Å². The highest BCUT2D eigenvalue weighted by molar-refractivity contribution is 6.31. The van der Waals surface area contributed by atoms with E-state index in [1.807, 2.05) is 0 Å². The molecule has 0 bridgehead atoms. The highest BCUT2D eigenvalue weighted by Gasteiger charge is 2.33. The second-order valence-corrected chi connectivity index (χ2v) is 6.46. The van der Waals surface area contributed by atoms with Crippen LogP contribution >= 0.6 is 24.0 Å². The van der Waals surface area contributed by atoms with Gasteiger partial charge in [-0.3, -0.25) is 9.69 Å². The van der Waals surface area contributed by atoms with E-state index in [1.165, 1.54) is 6.42 Å². The number of anilines is 1. The Morgan fingerprint density at radius 1 is 1.48 bits per heavy atom. The normalized spacial score (nSPS) is 23.7. The number of carbonyl (C=O) groups is 1. The van der Waals surface area contributed by atoms with Crippen molar-refractivity contribution in [2.75, 3.05) is 38.6 Å². The number of nitrogens with zero attached hydrogens (tertiary/aromatic N) is 1. The molecule has 2 aliphatic rings. The van der Waals surface area contributed by atoms with Crippen molar-refractivity contribution in [1.29, 1.82) is 0 Å². The van der Waals surface area contributed by atoms with Gasteiger partial charge in [-0.2, -0.15) is 0 Å². The molecule has 5 nitrogen and oxygen atoms in total. The SMILES string of the molecule is COc1ccc(Cl)cc1NC(=O)CN1CCC2NCCC2C1.Cl. The highest BCUT2D eigenvalue weighted by Crippen LogP contribution is 2.28. The van der Waals surface area contributed by atoms with E-state index in [-0.39, 0.29) is 18.3 Å². The Labute approximate surface area is 148 Å². The summed E-state index contributed by atoms with van der Waals surface area (Å²) < 4.78 is 5.25. The van der Waals surface area contributed by atoms with Crippen LogP contribution in [-0.2, 0) is 4.79 Å². The molecule has 7 heteroatoms. The van der Waals surface area contributed by atoms with Gasteiger partial charge in [0.25, 0.3) is 0 Å². The second kappa shape index (κ2) is 8.20. The summed E-state index contributed by atoms with van der Waals surface area (Å²) in [5, 5.41) is 7.02. The molecular weight excluding hydrogens is 337 g/mol. The molecule has 2 aliphatic heterocycles. The number of fused-ring (bicyclic) bond motifs is 1. The Bertz CT molecular complexity index is 556. The van der Waals surface area contributed by atoms with Crippen LogP contribution in [0.4, 0.5) is 5.69 Å². The van der Waals surface area contributed by atoms with Gasteiger partial charge in [0.1, 0.15) is 5.75 Å². The maximum atomic E-state index is 12.3. The summed E-state index contributed by atoms with van der Waals surface area (Å²) in [5.41, 5.74) is 0.623. The fraction of sp³-hybridized carbons (Fsp3) is 0.562. The molecule has 2 N–H and O–H groups in total. The van der Waals surface area contributed by atoms with Crippen LogP contribution in [0.1, 0.15) is 12.8 Å². The first-order chi connectivity index (χ1) is 10.7. The summed E-state index contributed by atoms with van der Waals surface area (Å²) in [6.07, 6.45) is 2.34. The number of benzene rings is 1. The first-order valence-electron chi connectivity index (χ1n) is 7.75. The summed E-state index contributed by atoms with van der Waals surface area (Å²) in [7, 11) is 1.58. The molecule has 2 saturated heterocycles. The van der Waals surface area contributed by atoms with E-state index in [4.69, 9.17) is 16.3 Å². The number of piperidine rings is 1. The van der Waals surface area contributed by atoms with Crippen LogP contribution in [0.15, 0.2) is 18.2 Å². The summed E-state index contributed by atoms with van der Waals surface area (Å²) in [6, 6.07) is 5.86. The summed E-state index contributed by atoms with van der Waals surface area (Å²) in [4.78, 5) is 14.5. The lowest BCUT2D eigenvalue weighted by atomic mass is 9.93. The summed E-state index contributed by atoms with van der Waals surface area (Å²) >= 11 is 5.99. The van der Waals surface area contributed by atoms with Crippen molar-refractivity contribution in [3.05, 3.63) is 23.2 Å². The third-order valence-electron chi connectivity index (χ3n) is 4.54. The minimum Gasteiger partial charge on any atom is -0.495 e. The first-order valence-corrected chi connectivity index (χ1v) is 8.12. The molecule has 0 saturated carbocycles. The van der Waals surface area contributed by atoms with Gasteiger partial charge in [-0.05, 0) is 43.5 Å². The van der Waals surface area contributed by atoms with Crippen molar-refractivity contribution in [1.82, 2.24) is 10.2 Å². The van der Waals surface area contributed by atoms with Crippen LogP contribution in [0, 0.1) is 5.92 Å². The first kappa shape index (κ1) is 18.3. The molecule has 2 heterocycles. The van der Waals surface area contributed by atoms with Crippen LogP contribution in [0.2, 0.25) is 5.02 Å². The third kappa shape index (κ3) is 4.51. The highest BCUT2D eigenvalue weighted by atomic mass is 35.5. The molecule has 0 aromatic heterocycles. The molecule has 1 aromatic carbocycles. The van der Waals surface area contributed by atoms with Crippen LogP contribution in [-0.4, -0.2) is 50.1 Å². The van der Waals surface area contributed by atoms with E-state index >= 15 is 0 Å². The van der Waals surface area contributed by atoms with Gasteiger partial charge in [0.2, 0.25) is 5.91 Å². The van der Waals surface area contributed by atoms with Gasteiger partial charge in [-0.1, -0.05) is 11.6 Å². The fourth-order valence-electron chi connectivity index (χ4n) is 3.44. The average molecular weight is 360 g/mol. The minimum atomic E-state index is -0.0232. The molecule has 0 radical (unpaired) electrons. The maximum Gasteiger partial charge on any atom is 0.238 e. The van der Waals surface area contributed by atoms with Gasteiger partial charge in [0, 0.05) is 24.2 Å². The van der Waals surface area contributed by atoms with E-state index in [2.05, 4.69) is 15.5 Å². The van der Waals surface area contributed by atoms with Crippen LogP contribution in [0.3, 0.4) is 0 Å². The van der Waals surface area contributed by atoms with E-state index < -0.39 is 0 Å². The van der Waals surface area contributed by atoms with Crippen LogP contribution in [0.5, 0.6) is 5.75 Å². The number of methoxy groups -OCH3 is 1. The zero-order valence-electron chi connectivity index (χ0n) is 13.2. The lowest BCUT2D eigenvalue weighted by Crippen LogP contribution is -2.46. The molecule has 0 aliphatic carbocycles. The Morgan fingerprint density at radius 2 is 2.30 bits per heavy atom. The molecule has 1 amide bonds. The number of rotatable bonds is 4. The van der Waals surface area contributed by atoms with Gasteiger partial charge in [-0.15, -0.1) is 12.4 Å². The molecule has 128 valence electrons. The smallest absolute Gasteiger partial charge is 0.238 e. The number of ether oxygens (including phenoxy) is 1. The predicted octanol–water partition coefficient (Wildman–Crippen LogP) is 2.39. The van der Waals surface area contributed by atoms with E-state index in [1.54, 1.807) is 25.3 Å². The van der Waals surface area contributed by atoms with Gasteiger partial charge < -0.3 is 15.4 Å². The lowest BCUT2D eigenvalue weighted by Gasteiger charge is -2.34. The van der Waals surface area contributed by atoms with E-state index in [9.17, 15) is 4.79 Å². The molecule has 2 atom stereocenters. The molecule has 2 fully saturated rings. The van der Waals surface area contributed by atoms with Crippen molar-refractivity contribution in [3.8, 4) is 5.75 Å². The number of amides is 1. The zero-order valence-corrected chi connectivity index (χ0v) is 14.8. The van der Waals surface area contributed by atoms with Crippen molar-refractivity contribution in [2.45, 2.75) is 18.9 Å². The zero-order chi connectivity index (χ0) is 15.5. The molecule has 0 spiro atoms. The van der Waals surface area contributed by atoms with Gasteiger partial charge in [0.05, 0.1) is 19.3 Å². The fourth-order valence-corrected chi connectivity index (χ4v) is 3.61. The third-order valence-corrected chi connectivity index (χ3v) is 4.78. The number of hydrogen-bond donors (Lipinski definition) is 2. The number of halogens is 2. The molecule has 23 heavy (non-hydrogen) atoms. The Hall–Kier alpha value is -1.01. The Kier molecular flexibility index (Phi) is 6.53. The quantitative estimate of drug-likeness (QED) is 0.866. The van der Waals surface area contributed by atoms with Crippen molar-refractivity contribution in [3.63, 3.8) is 0 Å². The average Bonchev–Trinajstić information content (AvgIpc) is 2.95. The number of nitrogens with one attached hydrogen (secondary N) is 2. The van der Waals surface area contributed by atoms with Crippen LogP contribution in [0.25, 0.3) is 0 Å². The molecular formula is C16H23Cl2N3O2. The molecule has 1 aromatic rings. The van der Waals surface area contributed by atoms with Gasteiger partial charge in [-0.25, -0.2) is 0 Å². The predicted molar refractivity (Wildman–Crippen MR) is 94.8 cm³/mol. The minimum absolute atomic E-state index is 0. The van der Waals surface area contributed by atoms with Crippen molar-refractivity contribution >= 4 is 35.6 Å². The topological polar surface area (TPSA) is 53.6 Å². The number of carbonyl (C=O) groups excluding carboxylic acids is 1. The van der Waals surface area contributed by atoms with Crippen molar-refractivity contribution < 1.29 is 9.53 Å². The molecule has 2 unspecified atom stereocenters. The Morgan fingerprint density at radius 3 is 3.09 bits per heavy atom. The van der Waals surface area contributed by atoms with Gasteiger partial charge in [0.15, 0.2) is 0 Å². The number of likely N-dealkylation sites (tertiary alicyclic amines) is 1. The largest absolute Gasteiger partial charge is 0.495 e. The standard InChI is InChI=1S/C16H22ClN3O2.ClH/c1-22-15-3-2-12(17)8-14(15)19-16(21)10-20-7-5-13-11(9-20)4-6-18-13;/h2-3,8,11,13,18H,4-7,9-10H2,1H3,(H,19,21);1H.